The van der Waals surface area contributed by atoms with Gasteiger partial charge in [-0.05, 0) is 28.8 Å². The van der Waals surface area contributed by atoms with Crippen LogP contribution >= 0.6 is 0 Å². The predicted molar refractivity (Wildman–Crippen MR) is 97.4 cm³/mol. The van der Waals surface area contributed by atoms with Gasteiger partial charge in [0.15, 0.2) is 0 Å². The number of aromatic hydroxyl groups is 1. The van der Waals surface area contributed by atoms with E-state index in [4.69, 9.17) is 15.3 Å². The lowest BCUT2D eigenvalue weighted by Crippen LogP contribution is -2.29. The first-order valence-electron chi connectivity index (χ1n) is 8.00. The number of carboxylic acid groups (broad SMARTS) is 1. The number of benzene rings is 2. The molecule has 2 aromatic carbocycles. The molecule has 8 heteroatoms. The molecule has 0 unspecified atom stereocenters. The highest BCUT2D eigenvalue weighted by Crippen LogP contribution is 2.34. The minimum atomic E-state index is -1.25. The topological polar surface area (TPSA) is 143 Å². The number of amides is 1. The van der Waals surface area contributed by atoms with Crippen molar-refractivity contribution < 1.29 is 24.2 Å². The lowest BCUT2D eigenvalue weighted by atomic mass is 9.95. The maximum absolute atomic E-state index is 12.5. The van der Waals surface area contributed by atoms with E-state index in [1.165, 1.54) is 6.07 Å². The van der Waals surface area contributed by atoms with Crippen LogP contribution in [0.15, 0.2) is 51.7 Å². The molecule has 138 valence electrons. The average Bonchev–Trinajstić information content (AvgIpc) is 2.66. The van der Waals surface area contributed by atoms with Crippen LogP contribution in [-0.2, 0) is 11.3 Å². The van der Waals surface area contributed by atoms with E-state index >= 15 is 0 Å². The van der Waals surface area contributed by atoms with Gasteiger partial charge in [-0.1, -0.05) is 30.3 Å². The summed E-state index contributed by atoms with van der Waals surface area (Å²) >= 11 is 0. The minimum absolute atomic E-state index is 0.0870. The third kappa shape index (κ3) is 3.51. The van der Waals surface area contributed by atoms with Crippen molar-refractivity contribution in [2.45, 2.75) is 6.54 Å². The molecule has 0 saturated heterocycles. The van der Waals surface area contributed by atoms with Crippen molar-refractivity contribution in [3.63, 3.8) is 0 Å². The van der Waals surface area contributed by atoms with Crippen LogP contribution in [0.5, 0.6) is 5.95 Å². The molecule has 0 atom stereocenters. The highest BCUT2D eigenvalue weighted by atomic mass is 16.5. The summed E-state index contributed by atoms with van der Waals surface area (Å²) < 4.78 is 4.76. The number of nitrogens with two attached hydrogens (primary N) is 1. The Balaban J connectivity index is 2.30. The normalized spacial score (nSPS) is 10.7. The third-order valence-corrected chi connectivity index (χ3v) is 4.04. The quantitative estimate of drug-likeness (QED) is 0.533. The zero-order chi connectivity index (χ0) is 19.6. The average molecular weight is 368 g/mol. The Morgan fingerprint density at radius 1 is 1.15 bits per heavy atom. The van der Waals surface area contributed by atoms with Crippen LogP contribution in [0, 0.1) is 0 Å². The molecule has 0 bridgehead atoms. The summed E-state index contributed by atoms with van der Waals surface area (Å²) in [6.45, 7) is -0.346. The summed E-state index contributed by atoms with van der Waals surface area (Å²) in [5.74, 6) is -3.00. The van der Waals surface area contributed by atoms with Crippen LogP contribution in [-0.4, -0.2) is 28.6 Å². The second-order valence-corrected chi connectivity index (χ2v) is 5.78. The van der Waals surface area contributed by atoms with Crippen molar-refractivity contribution in [2.24, 2.45) is 5.73 Å². The Bertz CT molecular complexity index is 1100. The predicted octanol–water partition coefficient (Wildman–Crippen LogP) is 1.44. The van der Waals surface area contributed by atoms with E-state index in [0.717, 1.165) is 5.56 Å². The molecule has 8 nitrogen and oxygen atoms in total. The van der Waals surface area contributed by atoms with Crippen molar-refractivity contribution >= 4 is 22.6 Å². The SMILES string of the molecule is NCc1cccc(-c2cccc3c(=O)oc(O)c(C(=O)NCC(=O)O)c23)c1. The standard InChI is InChI=1S/C19H16N2O6/c20-8-10-3-1-4-11(7-10)12-5-2-6-13-15(12)16(19(26)27-18(13)25)17(24)21-9-14(22)23/h1-7,26H,8-9,20H2,(H,21,24)(H,22,23). The van der Waals surface area contributed by atoms with Gasteiger partial charge >= 0.3 is 11.6 Å². The van der Waals surface area contributed by atoms with Gasteiger partial charge in [0, 0.05) is 11.9 Å². The summed E-state index contributed by atoms with van der Waals surface area (Å²) in [4.78, 5) is 35.4. The second kappa shape index (κ2) is 7.30. The lowest BCUT2D eigenvalue weighted by molar-refractivity contribution is -0.135. The van der Waals surface area contributed by atoms with Crippen LogP contribution in [0.1, 0.15) is 15.9 Å². The first kappa shape index (κ1) is 18.2. The highest BCUT2D eigenvalue weighted by Gasteiger charge is 2.23. The van der Waals surface area contributed by atoms with Gasteiger partial charge in [0.1, 0.15) is 12.1 Å². The van der Waals surface area contributed by atoms with Crippen molar-refractivity contribution in [2.75, 3.05) is 6.54 Å². The van der Waals surface area contributed by atoms with Crippen LogP contribution in [0.3, 0.4) is 0 Å². The van der Waals surface area contributed by atoms with Gasteiger partial charge in [-0.3, -0.25) is 9.59 Å². The zero-order valence-corrected chi connectivity index (χ0v) is 14.1. The molecule has 3 aromatic rings. The van der Waals surface area contributed by atoms with Gasteiger partial charge < -0.3 is 25.7 Å². The number of hydrogen-bond acceptors (Lipinski definition) is 6. The molecular weight excluding hydrogens is 352 g/mol. The Hall–Kier alpha value is -3.65. The van der Waals surface area contributed by atoms with E-state index in [1.807, 2.05) is 6.07 Å². The summed E-state index contributed by atoms with van der Waals surface area (Å²) in [5, 5.41) is 21.3. The molecule has 0 aliphatic rings. The molecule has 1 heterocycles. The summed E-state index contributed by atoms with van der Waals surface area (Å²) in [6.07, 6.45) is 0. The number of carboxylic acids is 1. The largest absolute Gasteiger partial charge is 0.480 e. The first-order chi connectivity index (χ1) is 12.9. The van der Waals surface area contributed by atoms with Crippen LogP contribution in [0.2, 0.25) is 0 Å². The second-order valence-electron chi connectivity index (χ2n) is 5.78. The van der Waals surface area contributed by atoms with E-state index in [2.05, 4.69) is 5.32 Å². The maximum atomic E-state index is 12.5. The van der Waals surface area contributed by atoms with Gasteiger partial charge in [-0.15, -0.1) is 0 Å². The molecule has 0 saturated carbocycles. The molecular formula is C19H16N2O6. The zero-order valence-electron chi connectivity index (χ0n) is 14.1. The van der Waals surface area contributed by atoms with Crippen LogP contribution in [0.25, 0.3) is 21.9 Å². The molecule has 1 amide bonds. The highest BCUT2D eigenvalue weighted by molar-refractivity contribution is 6.13. The number of carbonyl (C=O) groups is 2. The van der Waals surface area contributed by atoms with Crippen molar-refractivity contribution in [3.05, 3.63) is 64.0 Å². The molecule has 0 aliphatic carbocycles. The monoisotopic (exact) mass is 368 g/mol. The third-order valence-electron chi connectivity index (χ3n) is 4.04. The molecule has 0 fully saturated rings. The number of carbonyl (C=O) groups excluding carboxylic acids is 1. The fourth-order valence-corrected chi connectivity index (χ4v) is 2.85. The molecule has 3 rings (SSSR count). The van der Waals surface area contributed by atoms with Gasteiger partial charge in [0.05, 0.1) is 5.39 Å². The number of hydrogen-bond donors (Lipinski definition) is 4. The number of rotatable bonds is 5. The van der Waals surface area contributed by atoms with E-state index in [0.29, 0.717) is 17.7 Å². The number of nitrogens with one attached hydrogen (secondary N) is 1. The fraction of sp³-hybridized carbons (Fsp3) is 0.105. The molecule has 5 N–H and O–H groups in total. The van der Waals surface area contributed by atoms with E-state index < -0.39 is 30.0 Å². The minimum Gasteiger partial charge on any atom is -0.480 e. The van der Waals surface area contributed by atoms with Gasteiger partial charge in [-0.25, -0.2) is 4.79 Å². The molecule has 0 aliphatic heterocycles. The Morgan fingerprint density at radius 2 is 1.89 bits per heavy atom. The lowest BCUT2D eigenvalue weighted by Gasteiger charge is -2.12. The van der Waals surface area contributed by atoms with E-state index in [9.17, 15) is 19.5 Å². The number of aliphatic carboxylic acids is 1. The van der Waals surface area contributed by atoms with Gasteiger partial charge in [0.2, 0.25) is 0 Å². The summed E-state index contributed by atoms with van der Waals surface area (Å²) in [7, 11) is 0. The van der Waals surface area contributed by atoms with Gasteiger partial charge in [-0.2, -0.15) is 0 Å². The Morgan fingerprint density at radius 3 is 2.59 bits per heavy atom. The van der Waals surface area contributed by atoms with Crippen LogP contribution in [0.4, 0.5) is 0 Å². The smallest absolute Gasteiger partial charge is 0.346 e. The molecule has 0 radical (unpaired) electrons. The number of fused-ring (bicyclic) bond motifs is 1. The Kier molecular flexibility index (Phi) is 4.91. The van der Waals surface area contributed by atoms with Crippen molar-refractivity contribution in [1.29, 1.82) is 0 Å². The summed E-state index contributed by atoms with van der Waals surface area (Å²) in [6, 6.07) is 12.0. The summed E-state index contributed by atoms with van der Waals surface area (Å²) in [5.41, 5.74) is 6.59. The van der Waals surface area contributed by atoms with Crippen molar-refractivity contribution in [3.8, 4) is 17.1 Å². The van der Waals surface area contributed by atoms with E-state index in [-0.39, 0.29) is 16.3 Å². The van der Waals surface area contributed by atoms with Crippen molar-refractivity contribution in [1.82, 2.24) is 5.32 Å². The van der Waals surface area contributed by atoms with E-state index in [1.54, 1.807) is 30.3 Å². The molecule has 1 aromatic heterocycles. The Labute approximate surface area is 152 Å². The molecule has 0 spiro atoms. The molecule has 27 heavy (non-hydrogen) atoms. The van der Waals surface area contributed by atoms with Gasteiger partial charge in [0.25, 0.3) is 11.9 Å². The fourth-order valence-electron chi connectivity index (χ4n) is 2.85. The van der Waals surface area contributed by atoms with Crippen LogP contribution < -0.4 is 16.7 Å². The maximum Gasteiger partial charge on any atom is 0.346 e. The first-order valence-corrected chi connectivity index (χ1v) is 8.00.